The fraction of sp³-hybridized carbons (Fsp3) is 0.538. The van der Waals surface area contributed by atoms with E-state index in [1.807, 2.05) is 13.0 Å². The van der Waals surface area contributed by atoms with Gasteiger partial charge in [-0.2, -0.15) is 0 Å². The molecule has 0 aliphatic carbocycles. The second kappa shape index (κ2) is 5.04. The summed E-state index contributed by atoms with van der Waals surface area (Å²) in [6.07, 6.45) is 0.648. The van der Waals surface area contributed by atoms with Crippen LogP contribution in [0, 0.1) is 18.7 Å². The number of alkyl halides is 1. The number of benzene rings is 1. The molecular weight excluding hydrogens is 287 g/mol. The van der Waals surface area contributed by atoms with Crippen molar-refractivity contribution in [3.8, 4) is 0 Å². The normalized spacial score (nSPS) is 28.6. The Hall–Kier alpha value is -0.450. The van der Waals surface area contributed by atoms with E-state index < -0.39 is 5.60 Å². The molecule has 1 aliphatic rings. The molecule has 0 radical (unpaired) electrons. The lowest BCUT2D eigenvalue weighted by Crippen LogP contribution is -2.28. The summed E-state index contributed by atoms with van der Waals surface area (Å²) in [5.41, 5.74) is 0.842. The average Bonchev–Trinajstić information content (AvgIpc) is 2.74. The second-order valence-electron chi connectivity index (χ2n) is 4.67. The maximum atomic E-state index is 14.0. The molecule has 1 aliphatic heterocycles. The van der Waals surface area contributed by atoms with Gasteiger partial charge in [-0.25, -0.2) is 4.39 Å². The molecule has 0 unspecified atom stereocenters. The Bertz CT molecular complexity index is 410. The van der Waals surface area contributed by atoms with Crippen molar-refractivity contribution in [1.82, 2.24) is 0 Å². The Morgan fingerprint density at radius 2 is 2.35 bits per heavy atom. The number of aryl methyl sites for hydroxylation is 1. The summed E-state index contributed by atoms with van der Waals surface area (Å²) in [6.45, 7) is 2.43. The second-order valence-corrected chi connectivity index (χ2v) is 5.24. The van der Waals surface area contributed by atoms with Gasteiger partial charge >= 0.3 is 0 Å². The largest absolute Gasteiger partial charge is 0.396 e. The molecule has 0 aromatic heterocycles. The van der Waals surface area contributed by atoms with E-state index >= 15 is 0 Å². The van der Waals surface area contributed by atoms with Crippen LogP contribution in [0.2, 0.25) is 0 Å². The molecule has 1 heterocycles. The van der Waals surface area contributed by atoms with E-state index in [-0.39, 0.29) is 18.3 Å². The van der Waals surface area contributed by atoms with Crippen molar-refractivity contribution in [2.24, 2.45) is 5.92 Å². The fourth-order valence-corrected chi connectivity index (χ4v) is 3.01. The van der Waals surface area contributed by atoms with Gasteiger partial charge in [0.05, 0.1) is 6.61 Å². The summed E-state index contributed by atoms with van der Waals surface area (Å²) in [5.74, 6) is -0.142. The van der Waals surface area contributed by atoms with Crippen LogP contribution in [0.15, 0.2) is 18.2 Å². The number of hydrogen-bond donors (Lipinski definition) is 1. The zero-order valence-electron chi connectivity index (χ0n) is 9.75. The summed E-state index contributed by atoms with van der Waals surface area (Å²) in [5, 5.41) is 9.70. The Labute approximate surface area is 109 Å². The molecule has 17 heavy (non-hydrogen) atoms. The first-order valence-corrected chi connectivity index (χ1v) is 6.81. The molecule has 94 valence electrons. The van der Waals surface area contributed by atoms with E-state index in [2.05, 4.69) is 15.9 Å². The Morgan fingerprint density at radius 3 is 2.88 bits per heavy atom. The first-order chi connectivity index (χ1) is 8.11. The van der Waals surface area contributed by atoms with Crippen LogP contribution in [0.1, 0.15) is 17.5 Å². The van der Waals surface area contributed by atoms with Crippen molar-refractivity contribution in [2.45, 2.75) is 18.9 Å². The molecule has 1 aromatic rings. The van der Waals surface area contributed by atoms with E-state index in [9.17, 15) is 4.39 Å². The predicted octanol–water partition coefficient (Wildman–Crippen LogP) is 2.75. The zero-order valence-corrected chi connectivity index (χ0v) is 11.3. The minimum atomic E-state index is -0.634. The molecule has 0 spiro atoms. The highest BCUT2D eigenvalue weighted by molar-refractivity contribution is 9.09. The maximum absolute atomic E-state index is 14.0. The van der Waals surface area contributed by atoms with Crippen LogP contribution >= 0.6 is 15.9 Å². The molecule has 1 fully saturated rings. The third-order valence-corrected chi connectivity index (χ3v) is 4.21. The van der Waals surface area contributed by atoms with Crippen molar-refractivity contribution in [2.75, 3.05) is 18.5 Å². The summed E-state index contributed by atoms with van der Waals surface area (Å²) in [7, 11) is 0. The lowest BCUT2D eigenvalue weighted by atomic mass is 9.88. The van der Waals surface area contributed by atoms with Crippen LogP contribution in [0.5, 0.6) is 0 Å². The van der Waals surface area contributed by atoms with Crippen LogP contribution in [0.4, 0.5) is 4.39 Å². The van der Waals surface area contributed by atoms with Crippen molar-refractivity contribution in [3.05, 3.63) is 35.1 Å². The van der Waals surface area contributed by atoms with Crippen molar-refractivity contribution in [1.29, 1.82) is 0 Å². The fourth-order valence-electron chi connectivity index (χ4n) is 2.32. The van der Waals surface area contributed by atoms with Crippen molar-refractivity contribution in [3.63, 3.8) is 0 Å². The van der Waals surface area contributed by atoms with Gasteiger partial charge in [0.15, 0.2) is 0 Å². The highest BCUT2D eigenvalue weighted by Crippen LogP contribution is 2.41. The quantitative estimate of drug-likeness (QED) is 0.870. The van der Waals surface area contributed by atoms with Crippen LogP contribution in [0.3, 0.4) is 0 Å². The molecule has 0 bridgehead atoms. The summed E-state index contributed by atoms with van der Waals surface area (Å²) in [6, 6.07) is 5.19. The molecule has 0 saturated carbocycles. The standard InChI is InChI=1S/C13H16BrFO2/c1-9-2-3-11(12(15)4-9)13(8-14)5-10(6-16)7-17-13/h2-4,10,16H,5-8H2,1H3/t10-,13+/m1/s1. The lowest BCUT2D eigenvalue weighted by molar-refractivity contribution is 0.0172. The first kappa shape index (κ1) is 13.0. The highest BCUT2D eigenvalue weighted by atomic mass is 79.9. The number of halogens is 2. The lowest BCUT2D eigenvalue weighted by Gasteiger charge is -2.27. The number of ether oxygens (including phenoxy) is 1. The SMILES string of the molecule is Cc1ccc([C@@]2(CBr)C[C@H](CO)CO2)c(F)c1. The molecule has 2 rings (SSSR count). The van der Waals surface area contributed by atoms with Gasteiger partial charge in [-0.1, -0.05) is 28.1 Å². The van der Waals surface area contributed by atoms with Crippen molar-refractivity contribution >= 4 is 15.9 Å². The van der Waals surface area contributed by atoms with Crippen LogP contribution in [0.25, 0.3) is 0 Å². The van der Waals surface area contributed by atoms with Gasteiger partial charge < -0.3 is 9.84 Å². The molecule has 2 atom stereocenters. The summed E-state index contributed by atoms with van der Waals surface area (Å²) in [4.78, 5) is 0. The predicted molar refractivity (Wildman–Crippen MR) is 67.8 cm³/mol. The molecule has 1 N–H and O–H groups in total. The van der Waals surface area contributed by atoms with E-state index in [1.165, 1.54) is 6.07 Å². The molecule has 2 nitrogen and oxygen atoms in total. The van der Waals surface area contributed by atoms with E-state index in [0.29, 0.717) is 23.9 Å². The number of rotatable bonds is 3. The number of aliphatic hydroxyl groups is 1. The average molecular weight is 303 g/mol. The van der Waals surface area contributed by atoms with Gasteiger partial charge in [0.2, 0.25) is 0 Å². The molecule has 0 amide bonds. The van der Waals surface area contributed by atoms with Gasteiger partial charge in [0, 0.05) is 23.4 Å². The third kappa shape index (κ3) is 2.39. The minimum absolute atomic E-state index is 0.0855. The molecular formula is C13H16BrFO2. The Balaban J connectivity index is 2.35. The van der Waals surface area contributed by atoms with E-state index in [1.54, 1.807) is 6.07 Å². The number of hydrogen-bond acceptors (Lipinski definition) is 2. The van der Waals surface area contributed by atoms with E-state index in [0.717, 1.165) is 5.56 Å². The molecule has 1 saturated heterocycles. The van der Waals surface area contributed by atoms with Gasteiger partial charge in [-0.3, -0.25) is 0 Å². The van der Waals surface area contributed by atoms with E-state index in [4.69, 9.17) is 9.84 Å². The Kier molecular flexibility index (Phi) is 3.85. The summed E-state index contributed by atoms with van der Waals surface area (Å²) >= 11 is 3.41. The van der Waals surface area contributed by atoms with Crippen LogP contribution in [-0.2, 0) is 10.3 Å². The molecule has 4 heteroatoms. The van der Waals surface area contributed by atoms with Gasteiger partial charge in [0.25, 0.3) is 0 Å². The maximum Gasteiger partial charge on any atom is 0.129 e. The minimum Gasteiger partial charge on any atom is -0.396 e. The number of aliphatic hydroxyl groups excluding tert-OH is 1. The van der Waals surface area contributed by atoms with Gasteiger partial charge in [-0.15, -0.1) is 0 Å². The van der Waals surface area contributed by atoms with Crippen LogP contribution < -0.4 is 0 Å². The monoisotopic (exact) mass is 302 g/mol. The zero-order chi connectivity index (χ0) is 12.5. The third-order valence-electron chi connectivity index (χ3n) is 3.30. The first-order valence-electron chi connectivity index (χ1n) is 5.69. The molecule has 1 aromatic carbocycles. The topological polar surface area (TPSA) is 29.5 Å². The van der Waals surface area contributed by atoms with Crippen LogP contribution in [-0.4, -0.2) is 23.7 Å². The van der Waals surface area contributed by atoms with Crippen molar-refractivity contribution < 1.29 is 14.2 Å². The Morgan fingerprint density at radius 1 is 1.59 bits per heavy atom. The van der Waals surface area contributed by atoms with Gasteiger partial charge in [-0.05, 0) is 25.0 Å². The summed E-state index contributed by atoms with van der Waals surface area (Å²) < 4.78 is 19.8. The van der Waals surface area contributed by atoms with Gasteiger partial charge in [0.1, 0.15) is 11.4 Å². The highest BCUT2D eigenvalue weighted by Gasteiger charge is 2.42. The smallest absolute Gasteiger partial charge is 0.129 e.